The Hall–Kier alpha value is -0.610. The van der Waals surface area contributed by atoms with Crippen LogP contribution in [0.15, 0.2) is 0 Å². The zero-order valence-electron chi connectivity index (χ0n) is 9.17. The van der Waals surface area contributed by atoms with Crippen LogP contribution in [0.2, 0.25) is 0 Å². The molecule has 0 bridgehead atoms. The second-order valence-electron chi connectivity index (χ2n) is 2.93. The number of amides is 1. The summed E-state index contributed by atoms with van der Waals surface area (Å²) in [4.78, 5) is 10.8. The van der Waals surface area contributed by atoms with Gasteiger partial charge in [0.1, 0.15) is 0 Å². The van der Waals surface area contributed by atoms with Crippen LogP contribution in [0, 0.1) is 0 Å². The second kappa shape index (κ2) is 10.5. The lowest BCUT2D eigenvalue weighted by molar-refractivity contribution is -0.121. The Morgan fingerprint density at radius 1 is 1.07 bits per heavy atom. The highest BCUT2D eigenvalue weighted by Crippen LogP contribution is 1.81. The summed E-state index contributed by atoms with van der Waals surface area (Å²) in [5, 5.41) is 2.73. The standard InChI is InChI=1S/C10H21NO3/c1-3-6-13-8-9-14-7-5-11-10(12)4-2/h3-9H2,1-2H3,(H,11,12). The zero-order chi connectivity index (χ0) is 10.6. The van der Waals surface area contributed by atoms with E-state index in [4.69, 9.17) is 9.47 Å². The maximum atomic E-state index is 10.8. The van der Waals surface area contributed by atoms with Gasteiger partial charge in [0.05, 0.1) is 19.8 Å². The average molecular weight is 203 g/mol. The minimum absolute atomic E-state index is 0.0656. The summed E-state index contributed by atoms with van der Waals surface area (Å²) in [6.07, 6.45) is 1.56. The number of nitrogens with one attached hydrogen (secondary N) is 1. The molecular weight excluding hydrogens is 182 g/mol. The SMILES string of the molecule is CCCOCCOCCNC(=O)CC. The Morgan fingerprint density at radius 3 is 2.29 bits per heavy atom. The lowest BCUT2D eigenvalue weighted by Crippen LogP contribution is -2.26. The topological polar surface area (TPSA) is 47.6 Å². The van der Waals surface area contributed by atoms with Gasteiger partial charge in [-0.1, -0.05) is 13.8 Å². The van der Waals surface area contributed by atoms with Crippen molar-refractivity contribution in [1.82, 2.24) is 5.32 Å². The molecule has 1 amide bonds. The molecule has 0 aromatic rings. The summed E-state index contributed by atoms with van der Waals surface area (Å²) in [6.45, 7) is 7.06. The first-order valence-corrected chi connectivity index (χ1v) is 5.23. The highest BCUT2D eigenvalue weighted by atomic mass is 16.5. The van der Waals surface area contributed by atoms with Gasteiger partial charge >= 0.3 is 0 Å². The molecule has 1 N–H and O–H groups in total. The number of rotatable bonds is 9. The van der Waals surface area contributed by atoms with Crippen molar-refractivity contribution in [3.8, 4) is 0 Å². The van der Waals surface area contributed by atoms with E-state index in [1.165, 1.54) is 0 Å². The van der Waals surface area contributed by atoms with Crippen molar-refractivity contribution in [2.75, 3.05) is 33.0 Å². The van der Waals surface area contributed by atoms with Gasteiger partial charge in [-0.05, 0) is 6.42 Å². The number of carbonyl (C=O) groups excluding carboxylic acids is 1. The Morgan fingerprint density at radius 2 is 1.71 bits per heavy atom. The first-order chi connectivity index (χ1) is 6.81. The van der Waals surface area contributed by atoms with Crippen LogP contribution in [0.3, 0.4) is 0 Å². The molecule has 4 nitrogen and oxygen atoms in total. The molecule has 0 aliphatic rings. The Labute approximate surface area is 86.0 Å². The van der Waals surface area contributed by atoms with Crippen LogP contribution in [-0.4, -0.2) is 38.9 Å². The third-order valence-electron chi connectivity index (χ3n) is 1.61. The molecule has 0 fully saturated rings. The summed E-state index contributed by atoms with van der Waals surface area (Å²) < 4.78 is 10.5. The van der Waals surface area contributed by atoms with Crippen molar-refractivity contribution in [3.63, 3.8) is 0 Å². The number of hydrogen-bond acceptors (Lipinski definition) is 3. The summed E-state index contributed by atoms with van der Waals surface area (Å²) in [6, 6.07) is 0. The lowest BCUT2D eigenvalue weighted by Gasteiger charge is -2.05. The fourth-order valence-electron chi connectivity index (χ4n) is 0.854. The number of carbonyl (C=O) groups is 1. The molecule has 0 aliphatic heterocycles. The van der Waals surface area contributed by atoms with Crippen LogP contribution in [0.5, 0.6) is 0 Å². The molecular formula is C10H21NO3. The summed E-state index contributed by atoms with van der Waals surface area (Å²) in [5.74, 6) is 0.0656. The molecule has 14 heavy (non-hydrogen) atoms. The minimum Gasteiger partial charge on any atom is -0.379 e. The Kier molecular flexibility index (Phi) is 10.0. The van der Waals surface area contributed by atoms with Crippen molar-refractivity contribution in [1.29, 1.82) is 0 Å². The quantitative estimate of drug-likeness (QED) is 0.568. The molecule has 0 saturated carbocycles. The summed E-state index contributed by atoms with van der Waals surface area (Å²) in [5.41, 5.74) is 0. The molecule has 0 spiro atoms. The normalized spacial score (nSPS) is 10.1. The monoisotopic (exact) mass is 203 g/mol. The van der Waals surface area contributed by atoms with E-state index in [0.29, 0.717) is 32.8 Å². The molecule has 0 atom stereocenters. The van der Waals surface area contributed by atoms with E-state index < -0.39 is 0 Å². The molecule has 0 heterocycles. The van der Waals surface area contributed by atoms with Crippen LogP contribution in [0.1, 0.15) is 26.7 Å². The van der Waals surface area contributed by atoms with Gasteiger partial charge in [0.2, 0.25) is 5.91 Å². The van der Waals surface area contributed by atoms with Crippen LogP contribution < -0.4 is 5.32 Å². The number of ether oxygens (including phenoxy) is 2. The molecule has 0 radical (unpaired) electrons. The maximum absolute atomic E-state index is 10.8. The van der Waals surface area contributed by atoms with Crippen LogP contribution >= 0.6 is 0 Å². The van der Waals surface area contributed by atoms with Gasteiger partial charge in [0.15, 0.2) is 0 Å². The first kappa shape index (κ1) is 13.4. The molecule has 0 aromatic carbocycles. The Bertz CT molecular complexity index is 139. The molecule has 4 heteroatoms. The molecule has 0 aromatic heterocycles. The van der Waals surface area contributed by atoms with E-state index in [2.05, 4.69) is 12.2 Å². The highest BCUT2D eigenvalue weighted by Gasteiger charge is 1.94. The van der Waals surface area contributed by atoms with Crippen LogP contribution in [0.4, 0.5) is 0 Å². The third kappa shape index (κ3) is 9.48. The summed E-state index contributed by atoms with van der Waals surface area (Å²) >= 11 is 0. The lowest BCUT2D eigenvalue weighted by atomic mass is 10.4. The second-order valence-corrected chi connectivity index (χ2v) is 2.93. The van der Waals surface area contributed by atoms with Crippen LogP contribution in [-0.2, 0) is 14.3 Å². The number of hydrogen-bond donors (Lipinski definition) is 1. The predicted octanol–water partition coefficient (Wildman–Crippen LogP) is 0.956. The average Bonchev–Trinajstić information content (AvgIpc) is 2.21. The summed E-state index contributed by atoms with van der Waals surface area (Å²) in [7, 11) is 0. The van der Waals surface area contributed by atoms with Crippen LogP contribution in [0.25, 0.3) is 0 Å². The molecule has 84 valence electrons. The fourth-order valence-corrected chi connectivity index (χ4v) is 0.854. The van der Waals surface area contributed by atoms with Gasteiger partial charge in [-0.15, -0.1) is 0 Å². The van der Waals surface area contributed by atoms with Gasteiger partial charge in [-0.2, -0.15) is 0 Å². The Balaban J connectivity index is 2.95. The fraction of sp³-hybridized carbons (Fsp3) is 0.900. The van der Waals surface area contributed by atoms with Crippen molar-refractivity contribution in [3.05, 3.63) is 0 Å². The van der Waals surface area contributed by atoms with E-state index >= 15 is 0 Å². The first-order valence-electron chi connectivity index (χ1n) is 5.23. The van der Waals surface area contributed by atoms with Crippen molar-refractivity contribution < 1.29 is 14.3 Å². The maximum Gasteiger partial charge on any atom is 0.219 e. The third-order valence-corrected chi connectivity index (χ3v) is 1.61. The van der Waals surface area contributed by atoms with E-state index in [1.54, 1.807) is 0 Å². The highest BCUT2D eigenvalue weighted by molar-refractivity contribution is 5.75. The molecule has 0 rings (SSSR count). The van der Waals surface area contributed by atoms with E-state index in [-0.39, 0.29) is 5.91 Å². The van der Waals surface area contributed by atoms with Gasteiger partial charge in [-0.25, -0.2) is 0 Å². The van der Waals surface area contributed by atoms with E-state index in [0.717, 1.165) is 13.0 Å². The minimum atomic E-state index is 0.0656. The van der Waals surface area contributed by atoms with Gasteiger partial charge in [-0.3, -0.25) is 4.79 Å². The van der Waals surface area contributed by atoms with Crippen molar-refractivity contribution >= 4 is 5.91 Å². The van der Waals surface area contributed by atoms with E-state index in [9.17, 15) is 4.79 Å². The van der Waals surface area contributed by atoms with Gasteiger partial charge in [0.25, 0.3) is 0 Å². The van der Waals surface area contributed by atoms with Gasteiger partial charge < -0.3 is 14.8 Å². The van der Waals surface area contributed by atoms with Crippen molar-refractivity contribution in [2.24, 2.45) is 0 Å². The smallest absolute Gasteiger partial charge is 0.219 e. The molecule has 0 saturated heterocycles. The molecule has 0 aliphatic carbocycles. The zero-order valence-corrected chi connectivity index (χ0v) is 9.17. The van der Waals surface area contributed by atoms with Gasteiger partial charge in [0, 0.05) is 19.6 Å². The predicted molar refractivity (Wildman–Crippen MR) is 55.2 cm³/mol. The molecule has 0 unspecified atom stereocenters. The largest absolute Gasteiger partial charge is 0.379 e. The van der Waals surface area contributed by atoms with E-state index in [1.807, 2.05) is 6.92 Å². The van der Waals surface area contributed by atoms with Crippen molar-refractivity contribution in [2.45, 2.75) is 26.7 Å².